The number of halogens is 1. The molecule has 0 aliphatic carbocycles. The van der Waals surface area contributed by atoms with Crippen LogP contribution in [0.2, 0.25) is 0 Å². The van der Waals surface area contributed by atoms with Gasteiger partial charge in [0.25, 0.3) is 0 Å². The summed E-state index contributed by atoms with van der Waals surface area (Å²) in [5, 5.41) is 6.17. The van der Waals surface area contributed by atoms with E-state index in [1.165, 1.54) is 5.57 Å². The first-order valence-electron chi connectivity index (χ1n) is 13.2. The lowest BCUT2D eigenvalue weighted by Gasteiger charge is -2.36. The third-order valence-corrected chi connectivity index (χ3v) is 8.38. The first-order chi connectivity index (χ1) is 18.2. The number of ether oxygens (including phenoxy) is 2. The molecule has 2 heterocycles. The van der Waals surface area contributed by atoms with Crippen molar-refractivity contribution in [2.24, 2.45) is 16.8 Å². The van der Waals surface area contributed by atoms with E-state index in [2.05, 4.69) is 41.0 Å². The number of methoxy groups -OCH3 is 1. The minimum Gasteiger partial charge on any atom is -0.401 e. The van der Waals surface area contributed by atoms with Crippen LogP contribution < -0.4 is 11.1 Å². The Morgan fingerprint density at radius 2 is 2.24 bits per heavy atom. The summed E-state index contributed by atoms with van der Waals surface area (Å²) in [5.41, 5.74) is 8.90. The molecular formula is C28H45FN4O4S. The quantitative estimate of drug-likeness (QED) is 0.179. The Labute approximate surface area is 229 Å². The van der Waals surface area contributed by atoms with Crippen LogP contribution in [0.3, 0.4) is 0 Å². The molecule has 0 radical (unpaired) electrons. The smallest absolute Gasteiger partial charge is 0.191 e. The maximum absolute atomic E-state index is 14.2. The van der Waals surface area contributed by atoms with Gasteiger partial charge in [-0.2, -0.15) is 0 Å². The Balaban J connectivity index is 1.98. The van der Waals surface area contributed by atoms with Gasteiger partial charge in [0.1, 0.15) is 12.8 Å². The molecule has 2 rings (SSSR count). The van der Waals surface area contributed by atoms with Gasteiger partial charge in [-0.15, -0.1) is 4.91 Å². The molecule has 1 fully saturated rings. The SMILES string of the molecule is C=C/C=C(\C=C/C(C)C1=CCS(=O)CC1)C(OC)C(CF)N/C=C(\N)CCN(C)C1CC(C)OC(N=O)C1. The average Bonchev–Trinajstić information content (AvgIpc) is 2.91. The topological polar surface area (TPSA) is 106 Å². The number of nitrogens with one attached hydrogen (secondary N) is 1. The highest BCUT2D eigenvalue weighted by atomic mass is 32.2. The predicted octanol–water partition coefficient (Wildman–Crippen LogP) is 4.09. The van der Waals surface area contributed by atoms with Crippen LogP contribution in [0, 0.1) is 10.8 Å². The molecule has 1 saturated heterocycles. The molecule has 7 unspecified atom stereocenters. The predicted molar refractivity (Wildman–Crippen MR) is 154 cm³/mol. The molecule has 0 saturated carbocycles. The fourth-order valence-electron chi connectivity index (χ4n) is 4.83. The van der Waals surface area contributed by atoms with Crippen molar-refractivity contribution in [3.8, 4) is 0 Å². The van der Waals surface area contributed by atoms with Crippen molar-refractivity contribution < 1.29 is 18.1 Å². The molecule has 7 atom stereocenters. The van der Waals surface area contributed by atoms with E-state index in [1.54, 1.807) is 19.4 Å². The van der Waals surface area contributed by atoms with Crippen LogP contribution >= 0.6 is 0 Å². The molecular weight excluding hydrogens is 507 g/mol. The Morgan fingerprint density at radius 3 is 2.84 bits per heavy atom. The van der Waals surface area contributed by atoms with E-state index in [0.717, 1.165) is 18.4 Å². The third-order valence-electron chi connectivity index (χ3n) is 7.18. The van der Waals surface area contributed by atoms with Gasteiger partial charge in [0, 0.05) is 66.7 Å². The number of allylic oxidation sites excluding steroid dienone is 4. The summed E-state index contributed by atoms with van der Waals surface area (Å²) in [6.07, 6.45) is 12.8. The van der Waals surface area contributed by atoms with Gasteiger partial charge >= 0.3 is 0 Å². The van der Waals surface area contributed by atoms with Gasteiger partial charge in [-0.05, 0) is 43.5 Å². The minimum atomic E-state index is -0.759. The second kappa shape index (κ2) is 16.7. The molecule has 38 heavy (non-hydrogen) atoms. The Morgan fingerprint density at radius 1 is 1.47 bits per heavy atom. The maximum atomic E-state index is 14.2. The lowest BCUT2D eigenvalue weighted by molar-refractivity contribution is -0.0662. The lowest BCUT2D eigenvalue weighted by Crippen LogP contribution is -2.43. The van der Waals surface area contributed by atoms with Crippen LogP contribution in [0.5, 0.6) is 0 Å². The van der Waals surface area contributed by atoms with Gasteiger partial charge in [0.15, 0.2) is 6.23 Å². The zero-order valence-corrected chi connectivity index (χ0v) is 24.0. The molecule has 0 amide bonds. The largest absolute Gasteiger partial charge is 0.401 e. The molecule has 0 aromatic rings. The van der Waals surface area contributed by atoms with E-state index >= 15 is 0 Å². The molecule has 8 nitrogen and oxygen atoms in total. The van der Waals surface area contributed by atoms with Crippen molar-refractivity contribution in [3.63, 3.8) is 0 Å². The van der Waals surface area contributed by atoms with Crippen LogP contribution in [0.15, 0.2) is 65.2 Å². The van der Waals surface area contributed by atoms with Gasteiger partial charge in [0.05, 0.1) is 12.1 Å². The molecule has 3 N–H and O–H groups in total. The first-order valence-corrected chi connectivity index (χ1v) is 14.7. The highest BCUT2D eigenvalue weighted by Crippen LogP contribution is 2.24. The van der Waals surface area contributed by atoms with Crippen molar-refractivity contribution in [3.05, 3.63) is 64.9 Å². The highest BCUT2D eigenvalue weighted by molar-refractivity contribution is 7.85. The summed E-state index contributed by atoms with van der Waals surface area (Å²) >= 11 is 0. The van der Waals surface area contributed by atoms with Crippen molar-refractivity contribution in [1.82, 2.24) is 10.2 Å². The Hall–Kier alpha value is -2.14. The van der Waals surface area contributed by atoms with E-state index in [9.17, 15) is 13.5 Å². The fourth-order valence-corrected chi connectivity index (χ4v) is 5.86. The van der Waals surface area contributed by atoms with Gasteiger partial charge in [-0.1, -0.05) is 49.5 Å². The zero-order chi connectivity index (χ0) is 28.1. The van der Waals surface area contributed by atoms with E-state index in [4.69, 9.17) is 15.2 Å². The van der Waals surface area contributed by atoms with Crippen LogP contribution in [0.4, 0.5) is 4.39 Å². The Bertz CT molecular complexity index is 923. The highest BCUT2D eigenvalue weighted by Gasteiger charge is 2.30. The van der Waals surface area contributed by atoms with Gasteiger partial charge in [-0.3, -0.25) is 4.21 Å². The van der Waals surface area contributed by atoms with E-state index in [-0.39, 0.29) is 18.1 Å². The molecule has 2 aliphatic heterocycles. The summed E-state index contributed by atoms with van der Waals surface area (Å²) in [4.78, 5) is 13.1. The molecule has 2 aliphatic rings. The monoisotopic (exact) mass is 552 g/mol. The van der Waals surface area contributed by atoms with Crippen molar-refractivity contribution in [2.45, 2.75) is 70.1 Å². The first kappa shape index (κ1) is 32.1. The number of hydrogen-bond donors (Lipinski definition) is 2. The molecule has 0 aromatic heterocycles. The van der Waals surface area contributed by atoms with E-state index < -0.39 is 35.8 Å². The van der Waals surface area contributed by atoms with Crippen LogP contribution in [0.1, 0.15) is 39.5 Å². The summed E-state index contributed by atoms with van der Waals surface area (Å²) in [6.45, 7) is 7.88. The second-order valence-electron chi connectivity index (χ2n) is 10.1. The second-order valence-corrected chi connectivity index (χ2v) is 11.7. The number of nitroso groups, excluding NO2 is 1. The molecule has 10 heteroatoms. The average molecular weight is 553 g/mol. The lowest BCUT2D eigenvalue weighted by atomic mass is 9.95. The summed E-state index contributed by atoms with van der Waals surface area (Å²) in [5.74, 6) is 1.48. The van der Waals surface area contributed by atoms with Crippen molar-refractivity contribution >= 4 is 10.8 Å². The molecule has 0 bridgehead atoms. The fraction of sp³-hybridized carbons (Fsp3) is 0.643. The normalized spacial score (nSPS) is 27.6. The summed E-state index contributed by atoms with van der Waals surface area (Å²) in [6, 6.07) is -0.458. The zero-order valence-electron chi connectivity index (χ0n) is 23.2. The molecule has 214 valence electrons. The van der Waals surface area contributed by atoms with Crippen LogP contribution in [0.25, 0.3) is 0 Å². The summed E-state index contributed by atoms with van der Waals surface area (Å²) in [7, 11) is 2.80. The van der Waals surface area contributed by atoms with Gasteiger partial charge in [0.2, 0.25) is 0 Å². The number of hydrogen-bond acceptors (Lipinski definition) is 8. The Kier molecular flexibility index (Phi) is 14.1. The van der Waals surface area contributed by atoms with Crippen LogP contribution in [-0.2, 0) is 20.3 Å². The van der Waals surface area contributed by atoms with E-state index in [1.807, 2.05) is 26.1 Å². The van der Waals surface area contributed by atoms with Gasteiger partial charge in [-0.25, -0.2) is 4.39 Å². The molecule has 0 aromatic carbocycles. The standard InChI is InChI=1S/C28H45FN4O4S/c1-6-7-23(9-8-20(2)22-11-14-38(35)15-12-22)28(36-5)26(18-29)31-19-24(30)10-13-33(4)25-16-21(3)37-27(17-25)32-34/h6-9,11,19-21,25-28,31H,1,10,12-18,30H2,2-5H3/b9-8-,23-7+,24-19-. The summed E-state index contributed by atoms with van der Waals surface area (Å²) < 4.78 is 37.0. The third kappa shape index (κ3) is 10.2. The minimum absolute atomic E-state index is 0.0236. The number of alkyl halides is 1. The number of rotatable bonds is 15. The number of nitrogens with zero attached hydrogens (tertiary/aromatic N) is 2. The van der Waals surface area contributed by atoms with Crippen LogP contribution in [-0.4, -0.2) is 78.5 Å². The maximum Gasteiger partial charge on any atom is 0.191 e. The van der Waals surface area contributed by atoms with Crippen molar-refractivity contribution in [1.29, 1.82) is 0 Å². The molecule has 0 spiro atoms. The van der Waals surface area contributed by atoms with E-state index in [0.29, 0.717) is 36.6 Å². The van der Waals surface area contributed by atoms with Gasteiger partial charge < -0.3 is 25.4 Å². The number of nitrogens with two attached hydrogens (primary N) is 1. The van der Waals surface area contributed by atoms with Crippen molar-refractivity contribution in [2.75, 3.05) is 38.9 Å².